The van der Waals surface area contributed by atoms with Gasteiger partial charge < -0.3 is 25.2 Å². The van der Waals surface area contributed by atoms with Crippen LogP contribution in [0.3, 0.4) is 0 Å². The number of anilines is 2. The first-order chi connectivity index (χ1) is 16.1. The Morgan fingerprint density at radius 1 is 0.879 bits per heavy atom. The Labute approximate surface area is 195 Å². The van der Waals surface area contributed by atoms with Crippen LogP contribution in [0.15, 0.2) is 48.5 Å². The van der Waals surface area contributed by atoms with Gasteiger partial charge in [0.1, 0.15) is 18.4 Å². The van der Waals surface area contributed by atoms with Crippen molar-refractivity contribution in [3.8, 4) is 5.75 Å². The van der Waals surface area contributed by atoms with Crippen LogP contribution in [0.5, 0.6) is 5.75 Å². The normalized spacial score (nSPS) is 20.5. The zero-order chi connectivity index (χ0) is 22.8. The summed E-state index contributed by atoms with van der Waals surface area (Å²) in [5.41, 5.74) is 7.70. The highest BCUT2D eigenvalue weighted by Gasteiger charge is 2.30. The number of rotatable bonds is 5. The molecule has 2 amide bonds. The molecule has 7 nitrogen and oxygen atoms in total. The fraction of sp³-hybridized carbons (Fsp3) is 0.462. The van der Waals surface area contributed by atoms with E-state index in [-0.39, 0.29) is 24.5 Å². The first-order valence-electron chi connectivity index (χ1n) is 12.0. The van der Waals surface area contributed by atoms with Crippen LogP contribution in [-0.2, 0) is 4.79 Å². The van der Waals surface area contributed by atoms with Crippen molar-refractivity contribution in [2.45, 2.75) is 44.2 Å². The quantitative estimate of drug-likeness (QED) is 0.711. The van der Waals surface area contributed by atoms with Gasteiger partial charge in [-0.05, 0) is 74.2 Å². The molecule has 7 heteroatoms. The zero-order valence-corrected chi connectivity index (χ0v) is 19.0. The molecule has 33 heavy (non-hydrogen) atoms. The molecular weight excluding hydrogens is 416 g/mol. The molecule has 5 rings (SSSR count). The predicted molar refractivity (Wildman–Crippen MR) is 128 cm³/mol. The number of piperidine rings is 1. The van der Waals surface area contributed by atoms with E-state index in [2.05, 4.69) is 4.90 Å². The highest BCUT2D eigenvalue weighted by Crippen LogP contribution is 2.29. The molecule has 2 aliphatic heterocycles. The maximum atomic E-state index is 12.8. The summed E-state index contributed by atoms with van der Waals surface area (Å²) in [4.78, 5) is 31.5. The van der Waals surface area contributed by atoms with E-state index < -0.39 is 0 Å². The molecule has 174 valence electrons. The Bertz CT molecular complexity index is 980. The molecule has 2 aromatic rings. The number of carbonyl (C=O) groups is 2. The molecule has 0 aromatic heterocycles. The van der Waals surface area contributed by atoms with Gasteiger partial charge in [0, 0.05) is 49.2 Å². The van der Waals surface area contributed by atoms with Crippen LogP contribution in [0.25, 0.3) is 0 Å². The van der Waals surface area contributed by atoms with Crippen LogP contribution in [0.4, 0.5) is 11.4 Å². The Balaban J connectivity index is 1.13. The fourth-order valence-electron chi connectivity index (χ4n) is 4.94. The van der Waals surface area contributed by atoms with Gasteiger partial charge in [-0.1, -0.05) is 6.42 Å². The summed E-state index contributed by atoms with van der Waals surface area (Å²) in [6, 6.07) is 15.4. The summed E-state index contributed by atoms with van der Waals surface area (Å²) in [5, 5.41) is 0. The lowest BCUT2D eigenvalue weighted by Crippen LogP contribution is -2.52. The van der Waals surface area contributed by atoms with Gasteiger partial charge in [0.2, 0.25) is 5.91 Å². The maximum absolute atomic E-state index is 12.8. The van der Waals surface area contributed by atoms with E-state index >= 15 is 0 Å². The van der Waals surface area contributed by atoms with Crippen molar-refractivity contribution in [2.75, 3.05) is 43.4 Å². The van der Waals surface area contributed by atoms with Crippen LogP contribution in [-0.4, -0.2) is 66.5 Å². The summed E-state index contributed by atoms with van der Waals surface area (Å²) >= 11 is 0. The standard InChI is InChI=1S/C26H32N4O3/c27-20-6-4-19(5-7-20)26(32)29-16-17-30(25(31)18-29)22-8-10-23(11-9-22)33-24-12-14-28(15-13-24)21-2-1-3-21/h4-11,21,24H,1-3,12-18,27H2. The van der Waals surface area contributed by atoms with Crippen molar-refractivity contribution in [3.63, 3.8) is 0 Å². The lowest BCUT2D eigenvalue weighted by Gasteiger charge is -2.41. The molecule has 0 radical (unpaired) electrons. The Morgan fingerprint density at radius 3 is 2.18 bits per heavy atom. The number of amides is 2. The summed E-state index contributed by atoms with van der Waals surface area (Å²) in [7, 11) is 0. The van der Waals surface area contributed by atoms with Crippen LogP contribution in [0.2, 0.25) is 0 Å². The Morgan fingerprint density at radius 2 is 1.58 bits per heavy atom. The van der Waals surface area contributed by atoms with E-state index in [0.717, 1.165) is 43.4 Å². The summed E-state index contributed by atoms with van der Waals surface area (Å²) in [5.74, 6) is 0.627. The van der Waals surface area contributed by atoms with Crippen LogP contribution < -0.4 is 15.4 Å². The fourth-order valence-corrected chi connectivity index (χ4v) is 4.94. The molecule has 0 atom stereocenters. The Hall–Kier alpha value is -3.06. The third-order valence-corrected chi connectivity index (χ3v) is 7.18. The molecule has 2 saturated heterocycles. The van der Waals surface area contributed by atoms with Gasteiger partial charge >= 0.3 is 0 Å². The van der Waals surface area contributed by atoms with Crippen LogP contribution >= 0.6 is 0 Å². The number of piperazine rings is 1. The lowest BCUT2D eigenvalue weighted by molar-refractivity contribution is -0.120. The van der Waals surface area contributed by atoms with Gasteiger partial charge in [0.15, 0.2) is 0 Å². The summed E-state index contributed by atoms with van der Waals surface area (Å²) < 4.78 is 6.22. The first-order valence-corrected chi connectivity index (χ1v) is 12.0. The average molecular weight is 449 g/mol. The van der Waals surface area contributed by atoms with Crippen LogP contribution in [0.1, 0.15) is 42.5 Å². The third-order valence-electron chi connectivity index (χ3n) is 7.18. The van der Waals surface area contributed by atoms with Crippen molar-refractivity contribution < 1.29 is 14.3 Å². The van der Waals surface area contributed by atoms with Crippen molar-refractivity contribution in [2.24, 2.45) is 0 Å². The van der Waals surface area contributed by atoms with E-state index in [1.165, 1.54) is 19.3 Å². The number of nitrogens with zero attached hydrogens (tertiary/aromatic N) is 3. The number of carbonyl (C=O) groups excluding carboxylic acids is 2. The summed E-state index contributed by atoms with van der Waals surface area (Å²) in [6.45, 7) is 3.29. The minimum absolute atomic E-state index is 0.0705. The van der Waals surface area contributed by atoms with Gasteiger partial charge in [0.25, 0.3) is 5.91 Å². The largest absolute Gasteiger partial charge is 0.490 e. The van der Waals surface area contributed by atoms with Gasteiger partial charge in [-0.25, -0.2) is 0 Å². The van der Waals surface area contributed by atoms with Gasteiger partial charge in [-0.3, -0.25) is 9.59 Å². The van der Waals surface area contributed by atoms with Crippen molar-refractivity contribution in [1.29, 1.82) is 0 Å². The minimum Gasteiger partial charge on any atom is -0.490 e. The second kappa shape index (κ2) is 9.43. The molecule has 0 spiro atoms. The molecule has 1 aliphatic carbocycles. The zero-order valence-electron chi connectivity index (χ0n) is 19.0. The molecule has 1 saturated carbocycles. The molecule has 3 fully saturated rings. The van der Waals surface area contributed by atoms with E-state index in [9.17, 15) is 9.59 Å². The molecule has 2 heterocycles. The van der Waals surface area contributed by atoms with Crippen molar-refractivity contribution >= 4 is 23.2 Å². The number of likely N-dealkylation sites (tertiary alicyclic amines) is 1. The summed E-state index contributed by atoms with van der Waals surface area (Å²) in [6.07, 6.45) is 6.49. The van der Waals surface area contributed by atoms with Crippen molar-refractivity contribution in [3.05, 3.63) is 54.1 Å². The van der Waals surface area contributed by atoms with E-state index in [0.29, 0.717) is 24.3 Å². The molecule has 2 aromatic carbocycles. The molecule has 3 aliphatic rings. The SMILES string of the molecule is Nc1ccc(C(=O)N2CCN(c3ccc(OC4CCN(C5CCC5)CC4)cc3)C(=O)C2)cc1. The second-order valence-electron chi connectivity index (χ2n) is 9.33. The van der Waals surface area contributed by atoms with Gasteiger partial charge in [0.05, 0.1) is 0 Å². The van der Waals surface area contributed by atoms with Gasteiger partial charge in [-0.2, -0.15) is 0 Å². The van der Waals surface area contributed by atoms with Gasteiger partial charge in [-0.15, -0.1) is 0 Å². The third kappa shape index (κ3) is 4.83. The number of hydrogen-bond donors (Lipinski definition) is 1. The van der Waals surface area contributed by atoms with Crippen LogP contribution in [0, 0.1) is 0 Å². The number of hydrogen-bond acceptors (Lipinski definition) is 5. The first kappa shape index (κ1) is 21.8. The minimum atomic E-state index is -0.143. The number of nitrogens with two attached hydrogens (primary N) is 1. The lowest BCUT2D eigenvalue weighted by atomic mass is 9.90. The number of benzene rings is 2. The Kier molecular flexibility index (Phi) is 6.22. The van der Waals surface area contributed by atoms with Crippen molar-refractivity contribution in [1.82, 2.24) is 9.80 Å². The molecule has 0 unspecified atom stereocenters. The molecular formula is C26H32N4O3. The number of nitrogen functional groups attached to an aromatic ring is 1. The maximum Gasteiger partial charge on any atom is 0.254 e. The average Bonchev–Trinajstić information content (AvgIpc) is 2.80. The monoisotopic (exact) mass is 448 g/mol. The topological polar surface area (TPSA) is 79.1 Å². The molecule has 2 N–H and O–H groups in total. The molecule has 0 bridgehead atoms. The van der Waals surface area contributed by atoms with E-state index in [4.69, 9.17) is 10.5 Å². The highest BCUT2D eigenvalue weighted by molar-refractivity contribution is 6.01. The van der Waals surface area contributed by atoms with E-state index in [1.807, 2.05) is 24.3 Å². The highest BCUT2D eigenvalue weighted by atomic mass is 16.5. The number of ether oxygens (including phenoxy) is 1. The smallest absolute Gasteiger partial charge is 0.254 e. The predicted octanol–water partition coefficient (Wildman–Crippen LogP) is 3.15. The second-order valence-corrected chi connectivity index (χ2v) is 9.33. The van der Waals surface area contributed by atoms with E-state index in [1.54, 1.807) is 34.1 Å².